The van der Waals surface area contributed by atoms with Crippen LogP contribution in [0, 0.1) is 0 Å². The molecule has 0 unspecified atom stereocenters. The van der Waals surface area contributed by atoms with Crippen LogP contribution in [0.25, 0.3) is 0 Å². The number of benzene rings is 1. The van der Waals surface area contributed by atoms with Crippen LogP contribution in [0.4, 0.5) is 23.1 Å². The molecule has 1 aromatic carbocycles. The summed E-state index contributed by atoms with van der Waals surface area (Å²) in [7, 11) is 3.33. The summed E-state index contributed by atoms with van der Waals surface area (Å²) in [5.74, 6) is 1.34. The zero-order chi connectivity index (χ0) is 24.2. The minimum absolute atomic E-state index is 0.0655. The molecule has 0 spiro atoms. The summed E-state index contributed by atoms with van der Waals surface area (Å²) >= 11 is 0. The van der Waals surface area contributed by atoms with Gasteiger partial charge >= 0.3 is 0 Å². The normalized spacial score (nSPS) is 18.1. The van der Waals surface area contributed by atoms with Crippen molar-refractivity contribution in [1.82, 2.24) is 15.3 Å². The third kappa shape index (κ3) is 4.50. The number of aliphatic hydroxyl groups excluding tert-OH is 1. The van der Waals surface area contributed by atoms with E-state index < -0.39 is 0 Å². The molecule has 4 rings (SSSR count). The van der Waals surface area contributed by atoms with Crippen LogP contribution in [0.3, 0.4) is 0 Å². The van der Waals surface area contributed by atoms with E-state index in [-0.39, 0.29) is 37.1 Å². The van der Waals surface area contributed by atoms with Gasteiger partial charge in [0, 0.05) is 25.7 Å². The Kier molecular flexibility index (Phi) is 7.16. The van der Waals surface area contributed by atoms with Gasteiger partial charge in [-0.2, -0.15) is 4.98 Å². The van der Waals surface area contributed by atoms with Gasteiger partial charge in [0.05, 0.1) is 18.5 Å². The number of fused-ring (bicyclic) bond motifs is 1. The van der Waals surface area contributed by atoms with Crippen molar-refractivity contribution in [3.8, 4) is 5.75 Å². The monoisotopic (exact) mass is 468 g/mol. The fourth-order valence-corrected chi connectivity index (χ4v) is 4.75. The van der Waals surface area contributed by atoms with E-state index in [1.807, 2.05) is 6.92 Å². The SMILES string of the molecule is CC[C@@H]1C(=O)N(C)c2cnc(Nc3ccc(C(=O)NC)cc3OCCO)nc2N1C1CCCC1. The van der Waals surface area contributed by atoms with Crippen LogP contribution in [0.1, 0.15) is 49.4 Å². The number of hydrogen-bond acceptors (Lipinski definition) is 8. The van der Waals surface area contributed by atoms with Gasteiger partial charge in [0.2, 0.25) is 11.9 Å². The van der Waals surface area contributed by atoms with E-state index in [9.17, 15) is 14.7 Å². The van der Waals surface area contributed by atoms with Gasteiger partial charge in [-0.1, -0.05) is 19.8 Å². The number of rotatable bonds is 8. The van der Waals surface area contributed by atoms with E-state index in [1.54, 1.807) is 43.4 Å². The van der Waals surface area contributed by atoms with Gasteiger partial charge in [-0.05, 0) is 37.5 Å². The molecular formula is C24H32N6O4. The molecular weight excluding hydrogens is 436 g/mol. The summed E-state index contributed by atoms with van der Waals surface area (Å²) in [5.41, 5.74) is 1.70. The number of hydrogen-bond donors (Lipinski definition) is 3. The standard InChI is InChI=1S/C24H32N6O4/c1-4-18-23(33)29(3)19-14-26-24(28-21(19)30(18)16-7-5-6-8-16)27-17-10-9-15(22(32)25-2)13-20(17)34-12-11-31/h9-10,13-14,16,18,31H,4-8,11-12H2,1-3H3,(H,25,32)(H,26,27,28)/t18-/m1/s1. The molecule has 2 amide bonds. The predicted molar refractivity (Wildman–Crippen MR) is 130 cm³/mol. The lowest BCUT2D eigenvalue weighted by Crippen LogP contribution is -2.55. The third-order valence-electron chi connectivity index (χ3n) is 6.48. The lowest BCUT2D eigenvalue weighted by molar-refractivity contribution is -0.120. The molecule has 34 heavy (non-hydrogen) atoms. The van der Waals surface area contributed by atoms with Gasteiger partial charge in [0.25, 0.3) is 5.91 Å². The number of anilines is 4. The Hall–Kier alpha value is -3.40. The van der Waals surface area contributed by atoms with Crippen LogP contribution in [0.15, 0.2) is 24.4 Å². The van der Waals surface area contributed by atoms with Crippen LogP contribution in [0.2, 0.25) is 0 Å². The molecule has 3 N–H and O–H groups in total. The highest BCUT2D eigenvalue weighted by atomic mass is 16.5. The maximum atomic E-state index is 13.1. The Morgan fingerprint density at radius 1 is 1.29 bits per heavy atom. The number of aromatic nitrogens is 2. The molecule has 0 radical (unpaired) electrons. The zero-order valence-corrected chi connectivity index (χ0v) is 19.9. The highest BCUT2D eigenvalue weighted by Gasteiger charge is 2.41. The second kappa shape index (κ2) is 10.3. The Labute approximate surface area is 199 Å². The maximum absolute atomic E-state index is 13.1. The molecule has 1 fully saturated rings. The van der Waals surface area contributed by atoms with Crippen molar-refractivity contribution in [3.05, 3.63) is 30.0 Å². The Bertz CT molecular complexity index is 1060. The van der Waals surface area contributed by atoms with Gasteiger partial charge < -0.3 is 30.3 Å². The molecule has 182 valence electrons. The van der Waals surface area contributed by atoms with Gasteiger partial charge in [-0.25, -0.2) is 4.98 Å². The molecule has 0 bridgehead atoms. The molecule has 1 aliphatic carbocycles. The molecule has 2 heterocycles. The van der Waals surface area contributed by atoms with Crippen molar-refractivity contribution in [2.75, 3.05) is 42.4 Å². The smallest absolute Gasteiger partial charge is 0.251 e. The highest BCUT2D eigenvalue weighted by Crippen LogP contribution is 2.40. The van der Waals surface area contributed by atoms with E-state index >= 15 is 0 Å². The summed E-state index contributed by atoms with van der Waals surface area (Å²) in [6, 6.07) is 5.03. The van der Waals surface area contributed by atoms with Crippen LogP contribution >= 0.6 is 0 Å². The number of nitrogens with one attached hydrogen (secondary N) is 2. The van der Waals surface area contributed by atoms with Gasteiger partial charge in [0.15, 0.2) is 5.82 Å². The minimum Gasteiger partial charge on any atom is -0.489 e. The average Bonchev–Trinajstić information content (AvgIpc) is 3.39. The maximum Gasteiger partial charge on any atom is 0.251 e. The topological polar surface area (TPSA) is 120 Å². The third-order valence-corrected chi connectivity index (χ3v) is 6.48. The first kappa shape index (κ1) is 23.7. The molecule has 2 aromatic rings. The largest absolute Gasteiger partial charge is 0.489 e. The van der Waals surface area contributed by atoms with Crippen molar-refractivity contribution >= 4 is 35.0 Å². The number of amides is 2. The van der Waals surface area contributed by atoms with Gasteiger partial charge in [-0.15, -0.1) is 0 Å². The predicted octanol–water partition coefficient (Wildman–Crippen LogP) is 2.45. The number of nitrogens with zero attached hydrogens (tertiary/aromatic N) is 4. The van der Waals surface area contributed by atoms with E-state index in [0.717, 1.165) is 31.5 Å². The highest BCUT2D eigenvalue weighted by molar-refractivity contribution is 6.04. The fourth-order valence-electron chi connectivity index (χ4n) is 4.75. The molecule has 10 heteroatoms. The van der Waals surface area contributed by atoms with Crippen LogP contribution in [0.5, 0.6) is 5.75 Å². The number of aliphatic hydroxyl groups is 1. The number of carbonyl (C=O) groups is 2. The molecule has 10 nitrogen and oxygen atoms in total. The number of likely N-dealkylation sites (N-methyl/N-ethyl adjacent to an activating group) is 1. The Balaban J connectivity index is 1.70. The molecule has 1 saturated carbocycles. The lowest BCUT2D eigenvalue weighted by Gasteiger charge is -2.43. The van der Waals surface area contributed by atoms with Crippen molar-refractivity contribution in [1.29, 1.82) is 0 Å². The first-order valence-electron chi connectivity index (χ1n) is 11.8. The first-order valence-corrected chi connectivity index (χ1v) is 11.8. The van der Waals surface area contributed by atoms with E-state index in [2.05, 4.69) is 20.5 Å². The Morgan fingerprint density at radius 2 is 2.06 bits per heavy atom. The summed E-state index contributed by atoms with van der Waals surface area (Å²) in [6.07, 6.45) is 6.75. The molecule has 0 saturated heterocycles. The summed E-state index contributed by atoms with van der Waals surface area (Å²) in [4.78, 5) is 38.2. The zero-order valence-electron chi connectivity index (χ0n) is 19.9. The van der Waals surface area contributed by atoms with Crippen LogP contribution in [-0.4, -0.2) is 66.3 Å². The van der Waals surface area contributed by atoms with E-state index in [0.29, 0.717) is 35.1 Å². The molecule has 2 aliphatic rings. The molecule has 1 atom stereocenters. The second-order valence-electron chi connectivity index (χ2n) is 8.56. The molecule has 1 aliphatic heterocycles. The fraction of sp³-hybridized carbons (Fsp3) is 0.500. The van der Waals surface area contributed by atoms with Crippen molar-refractivity contribution in [3.63, 3.8) is 0 Å². The molecule has 1 aromatic heterocycles. The van der Waals surface area contributed by atoms with E-state index in [4.69, 9.17) is 9.72 Å². The minimum atomic E-state index is -0.251. The quantitative estimate of drug-likeness (QED) is 0.540. The summed E-state index contributed by atoms with van der Waals surface area (Å²) < 4.78 is 5.66. The number of ether oxygens (including phenoxy) is 1. The van der Waals surface area contributed by atoms with Crippen LogP contribution < -0.4 is 25.2 Å². The lowest BCUT2D eigenvalue weighted by atomic mass is 10.0. The van der Waals surface area contributed by atoms with Gasteiger partial charge in [-0.3, -0.25) is 9.59 Å². The van der Waals surface area contributed by atoms with Gasteiger partial charge in [0.1, 0.15) is 24.1 Å². The Morgan fingerprint density at radius 3 is 2.74 bits per heavy atom. The average molecular weight is 469 g/mol. The van der Waals surface area contributed by atoms with Crippen molar-refractivity contribution in [2.24, 2.45) is 0 Å². The van der Waals surface area contributed by atoms with Crippen LogP contribution in [-0.2, 0) is 4.79 Å². The second-order valence-corrected chi connectivity index (χ2v) is 8.56. The first-order chi connectivity index (χ1) is 16.5. The van der Waals surface area contributed by atoms with E-state index in [1.165, 1.54) is 0 Å². The number of carbonyl (C=O) groups excluding carboxylic acids is 2. The summed E-state index contributed by atoms with van der Waals surface area (Å²) in [5, 5.41) is 15.0. The summed E-state index contributed by atoms with van der Waals surface area (Å²) in [6.45, 7) is 1.95. The van der Waals surface area contributed by atoms with Crippen molar-refractivity contribution < 1.29 is 19.4 Å². The van der Waals surface area contributed by atoms with Crippen molar-refractivity contribution in [2.45, 2.75) is 51.1 Å².